The number of amides is 1. The number of carbonyl (C=O) groups excluding carboxylic acids is 1. The van der Waals surface area contributed by atoms with E-state index in [1.807, 2.05) is 6.07 Å². The van der Waals surface area contributed by atoms with E-state index < -0.39 is 0 Å². The summed E-state index contributed by atoms with van der Waals surface area (Å²) in [6.45, 7) is 2.34. The van der Waals surface area contributed by atoms with Crippen LogP contribution in [-0.2, 0) is 4.79 Å². The molecule has 0 aromatic heterocycles. The molecular formula is C20H26BrFN2O2. The van der Waals surface area contributed by atoms with Crippen molar-refractivity contribution in [1.82, 2.24) is 4.90 Å². The van der Waals surface area contributed by atoms with E-state index in [0.717, 1.165) is 63.7 Å². The molecule has 1 N–H and O–H groups in total. The lowest BCUT2D eigenvalue weighted by Crippen LogP contribution is -2.50. The van der Waals surface area contributed by atoms with Gasteiger partial charge in [-0.1, -0.05) is 6.07 Å². The average Bonchev–Trinajstić information content (AvgIpc) is 2.94. The standard InChI is InChI=1S/C20H26BrFN2O2/c21-18-16(22)3-1-4-17(18)23-11-2-9-20(13-23)10-12-24(19(20)26)14-5-7-15(25)8-6-14/h1,3-4,14-15,25H,2,5-13H2/t14-,15-,20-/m1/s1. The van der Waals surface area contributed by atoms with Gasteiger partial charge in [0.25, 0.3) is 0 Å². The minimum absolute atomic E-state index is 0.201. The quantitative estimate of drug-likeness (QED) is 0.786. The summed E-state index contributed by atoms with van der Waals surface area (Å²) in [7, 11) is 0. The van der Waals surface area contributed by atoms with E-state index in [-0.39, 0.29) is 29.3 Å². The highest BCUT2D eigenvalue weighted by molar-refractivity contribution is 9.10. The van der Waals surface area contributed by atoms with Crippen molar-refractivity contribution in [2.45, 2.75) is 57.1 Å². The molecule has 1 atom stereocenters. The molecule has 4 nitrogen and oxygen atoms in total. The maximum absolute atomic E-state index is 13.9. The fraction of sp³-hybridized carbons (Fsp3) is 0.650. The highest BCUT2D eigenvalue weighted by atomic mass is 79.9. The van der Waals surface area contributed by atoms with Crippen molar-refractivity contribution < 1.29 is 14.3 Å². The first-order chi connectivity index (χ1) is 12.5. The summed E-state index contributed by atoms with van der Waals surface area (Å²) >= 11 is 3.37. The minimum Gasteiger partial charge on any atom is -0.393 e. The molecule has 142 valence electrons. The minimum atomic E-state index is -0.333. The van der Waals surface area contributed by atoms with E-state index in [2.05, 4.69) is 25.7 Å². The Balaban J connectivity index is 1.52. The van der Waals surface area contributed by atoms with Crippen LogP contribution in [0.1, 0.15) is 44.9 Å². The lowest BCUT2D eigenvalue weighted by molar-refractivity contribution is -0.139. The van der Waals surface area contributed by atoms with Gasteiger partial charge in [-0.2, -0.15) is 0 Å². The summed E-state index contributed by atoms with van der Waals surface area (Å²) in [5.74, 6) is 0.0124. The molecule has 3 aliphatic rings. The largest absolute Gasteiger partial charge is 0.393 e. The first-order valence-corrected chi connectivity index (χ1v) is 10.5. The van der Waals surface area contributed by atoms with E-state index in [1.165, 1.54) is 6.07 Å². The number of aliphatic hydroxyl groups excluding tert-OH is 1. The van der Waals surface area contributed by atoms with Crippen molar-refractivity contribution >= 4 is 27.5 Å². The smallest absolute Gasteiger partial charge is 0.230 e. The summed E-state index contributed by atoms with van der Waals surface area (Å²) in [6, 6.07) is 5.38. The third-order valence-corrected chi connectivity index (χ3v) is 7.29. The lowest BCUT2D eigenvalue weighted by atomic mass is 9.78. The number of nitrogens with zero attached hydrogens (tertiary/aromatic N) is 2. The zero-order valence-corrected chi connectivity index (χ0v) is 16.5. The summed E-state index contributed by atoms with van der Waals surface area (Å²) in [4.78, 5) is 17.6. The molecule has 6 heteroatoms. The summed E-state index contributed by atoms with van der Waals surface area (Å²) in [5, 5.41) is 9.74. The number of aliphatic hydroxyl groups is 1. The number of halogens is 2. The maximum Gasteiger partial charge on any atom is 0.230 e. The molecule has 2 aliphatic heterocycles. The fourth-order valence-electron chi connectivity index (χ4n) is 5.02. The van der Waals surface area contributed by atoms with Gasteiger partial charge in [-0.05, 0) is 73.0 Å². The number of carbonyl (C=O) groups is 1. The van der Waals surface area contributed by atoms with Crippen LogP contribution in [0.2, 0.25) is 0 Å². The Hall–Kier alpha value is -1.14. The molecule has 4 rings (SSSR count). The van der Waals surface area contributed by atoms with E-state index in [1.54, 1.807) is 6.07 Å². The van der Waals surface area contributed by atoms with Crippen molar-refractivity contribution in [3.63, 3.8) is 0 Å². The molecule has 1 aromatic rings. The van der Waals surface area contributed by atoms with Gasteiger partial charge >= 0.3 is 0 Å². The monoisotopic (exact) mass is 424 g/mol. The van der Waals surface area contributed by atoms with E-state index in [4.69, 9.17) is 0 Å². The van der Waals surface area contributed by atoms with Crippen molar-refractivity contribution in [2.75, 3.05) is 24.5 Å². The van der Waals surface area contributed by atoms with E-state index in [0.29, 0.717) is 11.0 Å². The summed E-state index contributed by atoms with van der Waals surface area (Å²) < 4.78 is 14.4. The van der Waals surface area contributed by atoms with Gasteiger partial charge in [0.15, 0.2) is 0 Å². The maximum atomic E-state index is 13.9. The zero-order chi connectivity index (χ0) is 18.3. The Kier molecular flexibility index (Phi) is 4.99. The van der Waals surface area contributed by atoms with Gasteiger partial charge < -0.3 is 14.9 Å². The van der Waals surface area contributed by atoms with E-state index in [9.17, 15) is 14.3 Å². The molecule has 0 radical (unpaired) electrons. The number of benzene rings is 1. The molecule has 1 saturated carbocycles. The summed E-state index contributed by atoms with van der Waals surface area (Å²) in [5.41, 5.74) is 0.510. The number of hydrogen-bond acceptors (Lipinski definition) is 3. The van der Waals surface area contributed by atoms with Crippen LogP contribution in [0.15, 0.2) is 22.7 Å². The average molecular weight is 425 g/mol. The van der Waals surface area contributed by atoms with Gasteiger partial charge in [0.2, 0.25) is 5.91 Å². The molecule has 1 aromatic carbocycles. The van der Waals surface area contributed by atoms with Crippen molar-refractivity contribution in [3.05, 3.63) is 28.5 Å². The van der Waals surface area contributed by atoms with Crippen LogP contribution in [0.3, 0.4) is 0 Å². The topological polar surface area (TPSA) is 43.8 Å². The van der Waals surface area contributed by atoms with Crippen LogP contribution in [0.25, 0.3) is 0 Å². The SMILES string of the molecule is O=C1N([C@H]2CC[C@H](O)CC2)CC[C@@]12CCCN(c1cccc(F)c1Br)C2. The van der Waals surface area contributed by atoms with Crippen LogP contribution < -0.4 is 4.90 Å². The van der Waals surface area contributed by atoms with Crippen LogP contribution in [0.4, 0.5) is 10.1 Å². The van der Waals surface area contributed by atoms with Crippen molar-refractivity contribution in [3.8, 4) is 0 Å². The number of hydrogen-bond donors (Lipinski definition) is 1. The molecule has 1 amide bonds. The second-order valence-corrected chi connectivity index (χ2v) is 8.88. The zero-order valence-electron chi connectivity index (χ0n) is 15.0. The fourth-order valence-corrected chi connectivity index (χ4v) is 5.53. The van der Waals surface area contributed by atoms with Gasteiger partial charge in [0.05, 0.1) is 21.7 Å². The first-order valence-electron chi connectivity index (χ1n) is 9.68. The number of piperidine rings is 1. The molecule has 26 heavy (non-hydrogen) atoms. The highest BCUT2D eigenvalue weighted by Crippen LogP contribution is 2.44. The Labute approximate surface area is 162 Å². The molecule has 1 spiro atoms. The molecule has 2 saturated heterocycles. The number of rotatable bonds is 2. The molecule has 0 unspecified atom stereocenters. The van der Waals surface area contributed by atoms with Crippen LogP contribution in [-0.4, -0.2) is 47.7 Å². The Morgan fingerprint density at radius 2 is 1.92 bits per heavy atom. The Bertz CT molecular complexity index is 692. The molecular weight excluding hydrogens is 399 g/mol. The number of anilines is 1. The van der Waals surface area contributed by atoms with Crippen LogP contribution >= 0.6 is 15.9 Å². The Morgan fingerprint density at radius 3 is 2.69 bits per heavy atom. The normalized spacial score (nSPS) is 32.5. The second-order valence-electron chi connectivity index (χ2n) is 8.09. The van der Waals surface area contributed by atoms with Gasteiger partial charge in [-0.25, -0.2) is 4.39 Å². The van der Waals surface area contributed by atoms with Gasteiger partial charge in [0.1, 0.15) is 5.82 Å². The predicted octanol–water partition coefficient (Wildman–Crippen LogP) is 3.71. The molecule has 1 aliphatic carbocycles. The van der Waals surface area contributed by atoms with Gasteiger partial charge in [-0.15, -0.1) is 0 Å². The third-order valence-electron chi connectivity index (χ3n) is 6.50. The van der Waals surface area contributed by atoms with Gasteiger partial charge in [-0.3, -0.25) is 4.79 Å². The first kappa shape index (κ1) is 18.2. The van der Waals surface area contributed by atoms with Crippen molar-refractivity contribution in [1.29, 1.82) is 0 Å². The van der Waals surface area contributed by atoms with Crippen LogP contribution in [0, 0.1) is 11.2 Å². The number of likely N-dealkylation sites (tertiary alicyclic amines) is 1. The van der Waals surface area contributed by atoms with Crippen molar-refractivity contribution in [2.24, 2.45) is 5.41 Å². The molecule has 3 fully saturated rings. The third kappa shape index (κ3) is 3.15. The van der Waals surface area contributed by atoms with Crippen LogP contribution in [0.5, 0.6) is 0 Å². The predicted molar refractivity (Wildman–Crippen MR) is 103 cm³/mol. The highest BCUT2D eigenvalue weighted by Gasteiger charge is 2.50. The van der Waals surface area contributed by atoms with E-state index >= 15 is 0 Å². The Morgan fingerprint density at radius 1 is 1.15 bits per heavy atom. The molecule has 2 heterocycles. The second kappa shape index (κ2) is 7.12. The molecule has 0 bridgehead atoms. The summed E-state index contributed by atoms with van der Waals surface area (Å²) in [6.07, 6.45) is 5.95. The lowest BCUT2D eigenvalue weighted by Gasteiger charge is -2.41. The van der Waals surface area contributed by atoms with Gasteiger partial charge in [0, 0.05) is 25.7 Å².